The van der Waals surface area contributed by atoms with E-state index in [2.05, 4.69) is 26.1 Å². The molecule has 1 unspecified atom stereocenters. The molecule has 2 N–H and O–H groups in total. The third kappa shape index (κ3) is 5.18. The largest absolute Gasteiger partial charge is 0.505 e. The van der Waals surface area contributed by atoms with Gasteiger partial charge in [-0.3, -0.25) is 0 Å². The molecule has 0 aliphatic heterocycles. The summed E-state index contributed by atoms with van der Waals surface area (Å²) < 4.78 is 13.1. The van der Waals surface area contributed by atoms with Crippen molar-refractivity contribution in [3.63, 3.8) is 0 Å². The number of halogens is 1. The molecule has 96 valence electrons. The molecule has 0 saturated carbocycles. The molecule has 1 atom stereocenters. The summed E-state index contributed by atoms with van der Waals surface area (Å²) >= 11 is 0. The Morgan fingerprint density at radius 2 is 1.94 bits per heavy atom. The Balaban J connectivity index is 2.36. The van der Waals surface area contributed by atoms with Gasteiger partial charge in [-0.15, -0.1) is 0 Å². The predicted octanol–water partition coefficient (Wildman–Crippen LogP) is 3.45. The molecule has 0 amide bonds. The van der Waals surface area contributed by atoms with Gasteiger partial charge in [0.2, 0.25) is 0 Å². The lowest BCUT2D eigenvalue weighted by Gasteiger charge is -2.15. The molecule has 0 bridgehead atoms. The van der Waals surface area contributed by atoms with Gasteiger partial charge in [0.1, 0.15) is 0 Å². The van der Waals surface area contributed by atoms with E-state index in [0.717, 1.165) is 12.0 Å². The SMILES string of the molecule is CC(C)CCC(C)NCc1ccc(O)c(F)c1. The first-order valence-electron chi connectivity index (χ1n) is 6.19. The summed E-state index contributed by atoms with van der Waals surface area (Å²) in [7, 11) is 0. The van der Waals surface area contributed by atoms with E-state index >= 15 is 0 Å². The Morgan fingerprint density at radius 3 is 2.53 bits per heavy atom. The van der Waals surface area contributed by atoms with Crippen molar-refractivity contribution in [3.05, 3.63) is 29.6 Å². The summed E-state index contributed by atoms with van der Waals surface area (Å²) in [5.74, 6) is -0.133. The van der Waals surface area contributed by atoms with Crippen LogP contribution in [-0.4, -0.2) is 11.1 Å². The second kappa shape index (κ2) is 6.60. The number of nitrogens with one attached hydrogen (secondary N) is 1. The first kappa shape index (κ1) is 14.0. The minimum atomic E-state index is -0.556. The summed E-state index contributed by atoms with van der Waals surface area (Å²) in [5.41, 5.74) is 0.858. The molecule has 1 aromatic rings. The second-order valence-corrected chi connectivity index (χ2v) is 5.04. The first-order valence-corrected chi connectivity index (χ1v) is 6.19. The van der Waals surface area contributed by atoms with Crippen molar-refractivity contribution in [1.82, 2.24) is 5.32 Å². The van der Waals surface area contributed by atoms with Gasteiger partial charge in [-0.1, -0.05) is 19.9 Å². The maximum absolute atomic E-state index is 13.1. The molecule has 0 spiro atoms. The maximum Gasteiger partial charge on any atom is 0.165 e. The number of hydrogen-bond acceptors (Lipinski definition) is 2. The maximum atomic E-state index is 13.1. The van der Waals surface area contributed by atoms with Gasteiger partial charge in [0, 0.05) is 12.6 Å². The fraction of sp³-hybridized carbons (Fsp3) is 0.571. The normalized spacial score (nSPS) is 13.0. The van der Waals surface area contributed by atoms with Crippen LogP contribution in [0.15, 0.2) is 18.2 Å². The topological polar surface area (TPSA) is 32.3 Å². The zero-order chi connectivity index (χ0) is 12.8. The van der Waals surface area contributed by atoms with E-state index in [9.17, 15) is 4.39 Å². The number of aromatic hydroxyl groups is 1. The van der Waals surface area contributed by atoms with Crippen LogP contribution in [0.3, 0.4) is 0 Å². The van der Waals surface area contributed by atoms with Gasteiger partial charge in [-0.25, -0.2) is 4.39 Å². The van der Waals surface area contributed by atoms with Crippen LogP contribution in [0.1, 0.15) is 39.2 Å². The molecular weight excluding hydrogens is 217 g/mol. The van der Waals surface area contributed by atoms with Crippen LogP contribution in [0.4, 0.5) is 4.39 Å². The van der Waals surface area contributed by atoms with Crippen molar-refractivity contribution in [2.24, 2.45) is 5.92 Å². The van der Waals surface area contributed by atoms with Gasteiger partial charge in [0.15, 0.2) is 11.6 Å². The highest BCUT2D eigenvalue weighted by Gasteiger charge is 2.05. The molecule has 0 saturated heterocycles. The molecule has 0 fully saturated rings. The van der Waals surface area contributed by atoms with Gasteiger partial charge in [0.05, 0.1) is 0 Å². The van der Waals surface area contributed by atoms with Crippen LogP contribution in [-0.2, 0) is 6.54 Å². The molecule has 1 aromatic carbocycles. The zero-order valence-electron chi connectivity index (χ0n) is 10.8. The lowest BCUT2D eigenvalue weighted by atomic mass is 10.0. The van der Waals surface area contributed by atoms with E-state index in [1.807, 2.05) is 0 Å². The minimum Gasteiger partial charge on any atom is -0.505 e. The van der Waals surface area contributed by atoms with Crippen LogP contribution in [0.2, 0.25) is 0 Å². The number of rotatable bonds is 6. The van der Waals surface area contributed by atoms with Gasteiger partial charge >= 0.3 is 0 Å². The van der Waals surface area contributed by atoms with Gasteiger partial charge < -0.3 is 10.4 Å². The van der Waals surface area contributed by atoms with Crippen molar-refractivity contribution in [3.8, 4) is 5.75 Å². The summed E-state index contributed by atoms with van der Waals surface area (Å²) in [5, 5.41) is 12.4. The Labute approximate surface area is 103 Å². The molecule has 1 rings (SSSR count). The third-order valence-corrected chi connectivity index (χ3v) is 2.84. The lowest BCUT2D eigenvalue weighted by molar-refractivity contribution is 0.429. The van der Waals surface area contributed by atoms with E-state index in [1.54, 1.807) is 6.07 Å². The van der Waals surface area contributed by atoms with Crippen LogP contribution in [0.25, 0.3) is 0 Å². The van der Waals surface area contributed by atoms with Gasteiger partial charge in [-0.2, -0.15) is 0 Å². The Bertz CT molecular complexity index is 352. The van der Waals surface area contributed by atoms with Crippen molar-refractivity contribution in [2.45, 2.75) is 46.2 Å². The van der Waals surface area contributed by atoms with E-state index in [1.165, 1.54) is 18.6 Å². The predicted molar refractivity (Wildman–Crippen MR) is 68.4 cm³/mol. The molecule has 0 aromatic heterocycles. The quantitative estimate of drug-likeness (QED) is 0.797. The number of benzene rings is 1. The van der Waals surface area contributed by atoms with Crippen LogP contribution in [0, 0.1) is 11.7 Å². The Kier molecular flexibility index (Phi) is 5.42. The number of phenols is 1. The van der Waals surface area contributed by atoms with Crippen molar-refractivity contribution >= 4 is 0 Å². The fourth-order valence-electron chi connectivity index (χ4n) is 1.64. The standard InChI is InChI=1S/C14H22FNO/c1-10(2)4-5-11(3)16-9-12-6-7-14(17)13(15)8-12/h6-8,10-11,16-17H,4-5,9H2,1-3H3. The molecule has 0 aliphatic carbocycles. The summed E-state index contributed by atoms with van der Waals surface area (Å²) in [6.45, 7) is 7.19. The highest BCUT2D eigenvalue weighted by Crippen LogP contribution is 2.16. The molecule has 0 heterocycles. The van der Waals surface area contributed by atoms with Crippen molar-refractivity contribution < 1.29 is 9.50 Å². The molecule has 0 radical (unpaired) electrons. The third-order valence-electron chi connectivity index (χ3n) is 2.84. The minimum absolute atomic E-state index is 0.290. The average molecular weight is 239 g/mol. The first-order chi connectivity index (χ1) is 7.99. The van der Waals surface area contributed by atoms with E-state index in [0.29, 0.717) is 18.5 Å². The Morgan fingerprint density at radius 1 is 1.24 bits per heavy atom. The molecule has 3 heteroatoms. The monoisotopic (exact) mass is 239 g/mol. The van der Waals surface area contributed by atoms with E-state index < -0.39 is 5.82 Å². The van der Waals surface area contributed by atoms with Gasteiger partial charge in [0.25, 0.3) is 0 Å². The molecular formula is C14H22FNO. The highest BCUT2D eigenvalue weighted by molar-refractivity contribution is 5.27. The summed E-state index contributed by atoms with van der Waals surface area (Å²) in [6.07, 6.45) is 2.32. The molecule has 0 aliphatic rings. The molecule has 17 heavy (non-hydrogen) atoms. The average Bonchev–Trinajstić information content (AvgIpc) is 2.28. The lowest BCUT2D eigenvalue weighted by Crippen LogP contribution is -2.25. The number of hydrogen-bond donors (Lipinski definition) is 2. The fourth-order valence-corrected chi connectivity index (χ4v) is 1.64. The van der Waals surface area contributed by atoms with E-state index in [4.69, 9.17) is 5.11 Å². The zero-order valence-corrected chi connectivity index (χ0v) is 10.8. The van der Waals surface area contributed by atoms with Crippen molar-refractivity contribution in [1.29, 1.82) is 0 Å². The highest BCUT2D eigenvalue weighted by atomic mass is 19.1. The molecule has 2 nitrogen and oxygen atoms in total. The van der Waals surface area contributed by atoms with Crippen LogP contribution < -0.4 is 5.32 Å². The van der Waals surface area contributed by atoms with Crippen LogP contribution >= 0.6 is 0 Å². The van der Waals surface area contributed by atoms with E-state index in [-0.39, 0.29) is 5.75 Å². The van der Waals surface area contributed by atoms with Crippen LogP contribution in [0.5, 0.6) is 5.75 Å². The summed E-state index contributed by atoms with van der Waals surface area (Å²) in [4.78, 5) is 0. The smallest absolute Gasteiger partial charge is 0.165 e. The summed E-state index contributed by atoms with van der Waals surface area (Å²) in [6, 6.07) is 4.93. The Hall–Kier alpha value is -1.09. The van der Waals surface area contributed by atoms with Crippen molar-refractivity contribution in [2.75, 3.05) is 0 Å². The van der Waals surface area contributed by atoms with Gasteiger partial charge in [-0.05, 0) is 43.4 Å². The number of phenolic OH excluding ortho intramolecular Hbond substituents is 1. The second-order valence-electron chi connectivity index (χ2n) is 5.04.